The van der Waals surface area contributed by atoms with E-state index < -0.39 is 0 Å². The minimum Gasteiger partial charge on any atom is -0.310 e. The van der Waals surface area contributed by atoms with E-state index in [1.54, 1.807) is 5.56 Å². The average Bonchev–Trinajstić information content (AvgIpc) is 2.56. The van der Waals surface area contributed by atoms with E-state index in [1.807, 2.05) is 0 Å². The molecule has 118 valence electrons. The van der Waals surface area contributed by atoms with E-state index in [0.717, 1.165) is 18.4 Å². The summed E-state index contributed by atoms with van der Waals surface area (Å²) in [5.41, 5.74) is 3.04. The van der Waals surface area contributed by atoms with E-state index in [9.17, 15) is 0 Å². The van der Waals surface area contributed by atoms with Crippen LogP contribution >= 0.6 is 0 Å². The van der Waals surface area contributed by atoms with Crippen LogP contribution < -0.4 is 5.32 Å². The molecular formula is C20H33N. The molecule has 1 aliphatic carbocycles. The number of hydrogen-bond acceptors (Lipinski definition) is 1. The van der Waals surface area contributed by atoms with Crippen molar-refractivity contribution >= 4 is 0 Å². The summed E-state index contributed by atoms with van der Waals surface area (Å²) in [6.07, 6.45) is 9.55. The molecule has 1 aromatic carbocycles. The van der Waals surface area contributed by atoms with Crippen molar-refractivity contribution in [3.8, 4) is 0 Å². The summed E-state index contributed by atoms with van der Waals surface area (Å²) in [6, 6.07) is 10.1. The first-order valence-electron chi connectivity index (χ1n) is 9.13. The second-order valence-corrected chi connectivity index (χ2v) is 6.61. The molecule has 0 bridgehead atoms. The van der Waals surface area contributed by atoms with Crippen molar-refractivity contribution in [2.24, 2.45) is 5.92 Å². The van der Waals surface area contributed by atoms with Gasteiger partial charge in [-0.2, -0.15) is 0 Å². The topological polar surface area (TPSA) is 12.0 Å². The van der Waals surface area contributed by atoms with E-state index in [0.29, 0.717) is 6.04 Å². The van der Waals surface area contributed by atoms with Gasteiger partial charge in [0.15, 0.2) is 0 Å². The van der Waals surface area contributed by atoms with Crippen LogP contribution in [0, 0.1) is 5.92 Å². The molecule has 1 aliphatic rings. The number of nitrogens with one attached hydrogen (secondary N) is 1. The molecule has 1 nitrogen and oxygen atoms in total. The van der Waals surface area contributed by atoms with E-state index in [2.05, 4.69) is 50.4 Å². The molecule has 0 aromatic heterocycles. The monoisotopic (exact) mass is 287 g/mol. The molecule has 1 fully saturated rings. The summed E-state index contributed by atoms with van der Waals surface area (Å²) >= 11 is 0. The van der Waals surface area contributed by atoms with Gasteiger partial charge in [0.25, 0.3) is 0 Å². The van der Waals surface area contributed by atoms with Crippen LogP contribution in [0.4, 0.5) is 0 Å². The summed E-state index contributed by atoms with van der Waals surface area (Å²) in [6.45, 7) is 7.89. The van der Waals surface area contributed by atoms with E-state index in [-0.39, 0.29) is 0 Å². The fourth-order valence-corrected chi connectivity index (χ4v) is 3.95. The van der Waals surface area contributed by atoms with Gasteiger partial charge in [-0.3, -0.25) is 0 Å². The van der Waals surface area contributed by atoms with Crippen molar-refractivity contribution in [2.45, 2.75) is 77.7 Å². The van der Waals surface area contributed by atoms with Crippen LogP contribution in [0.2, 0.25) is 0 Å². The third-order valence-electron chi connectivity index (χ3n) is 5.32. The Kier molecular flexibility index (Phi) is 6.76. The van der Waals surface area contributed by atoms with Gasteiger partial charge in [0.1, 0.15) is 0 Å². The van der Waals surface area contributed by atoms with Crippen LogP contribution in [0.25, 0.3) is 0 Å². The van der Waals surface area contributed by atoms with Gasteiger partial charge in [0.2, 0.25) is 0 Å². The fraction of sp³-hybridized carbons (Fsp3) is 0.700. The predicted molar refractivity (Wildman–Crippen MR) is 92.8 cm³/mol. The number of rotatable bonds is 7. The Balaban J connectivity index is 2.10. The molecule has 1 N–H and O–H groups in total. The van der Waals surface area contributed by atoms with Gasteiger partial charge in [-0.05, 0) is 42.3 Å². The molecule has 0 saturated heterocycles. The Hall–Kier alpha value is -0.820. The third-order valence-corrected chi connectivity index (χ3v) is 5.32. The Labute approximate surface area is 131 Å². The van der Waals surface area contributed by atoms with Crippen molar-refractivity contribution in [1.29, 1.82) is 0 Å². The third kappa shape index (κ3) is 4.32. The maximum Gasteiger partial charge on any atom is 0.0348 e. The van der Waals surface area contributed by atoms with Crippen LogP contribution in [-0.2, 0) is 0 Å². The summed E-state index contributed by atoms with van der Waals surface area (Å²) in [5.74, 6) is 1.56. The molecule has 1 unspecified atom stereocenters. The highest BCUT2D eigenvalue weighted by Crippen LogP contribution is 2.34. The van der Waals surface area contributed by atoms with Crippen molar-refractivity contribution in [3.05, 3.63) is 35.4 Å². The quantitative estimate of drug-likeness (QED) is 0.666. The maximum absolute atomic E-state index is 3.70. The molecular weight excluding hydrogens is 254 g/mol. The van der Waals surface area contributed by atoms with Crippen LogP contribution in [0.15, 0.2) is 24.3 Å². The fourth-order valence-electron chi connectivity index (χ4n) is 3.95. The lowest BCUT2D eigenvalue weighted by Gasteiger charge is -2.27. The Morgan fingerprint density at radius 3 is 2.10 bits per heavy atom. The lowest BCUT2D eigenvalue weighted by atomic mass is 9.82. The molecule has 1 saturated carbocycles. The molecule has 0 spiro atoms. The van der Waals surface area contributed by atoms with Crippen LogP contribution in [-0.4, -0.2) is 6.54 Å². The number of benzene rings is 1. The minimum absolute atomic E-state index is 0.519. The molecule has 1 aromatic rings. The Bertz CT molecular complexity index is 385. The SMILES string of the molecule is CCNC(c1ccc(C2CCCCC2)cc1)C(CC)CC. The minimum atomic E-state index is 0.519. The van der Waals surface area contributed by atoms with Gasteiger partial charge in [0.05, 0.1) is 0 Å². The molecule has 1 heteroatoms. The Morgan fingerprint density at radius 1 is 0.952 bits per heavy atom. The van der Waals surface area contributed by atoms with E-state index in [4.69, 9.17) is 0 Å². The first-order chi connectivity index (χ1) is 10.3. The van der Waals surface area contributed by atoms with Crippen molar-refractivity contribution in [1.82, 2.24) is 5.32 Å². The van der Waals surface area contributed by atoms with Crippen LogP contribution in [0.1, 0.15) is 88.8 Å². The van der Waals surface area contributed by atoms with Gasteiger partial charge in [0, 0.05) is 6.04 Å². The lowest BCUT2D eigenvalue weighted by molar-refractivity contribution is 0.346. The van der Waals surface area contributed by atoms with Gasteiger partial charge >= 0.3 is 0 Å². The largest absolute Gasteiger partial charge is 0.310 e. The molecule has 0 heterocycles. The van der Waals surface area contributed by atoms with Gasteiger partial charge in [-0.25, -0.2) is 0 Å². The normalized spacial score (nSPS) is 18.1. The van der Waals surface area contributed by atoms with E-state index in [1.165, 1.54) is 50.5 Å². The maximum atomic E-state index is 3.70. The van der Waals surface area contributed by atoms with Gasteiger partial charge < -0.3 is 5.32 Å². The van der Waals surface area contributed by atoms with E-state index >= 15 is 0 Å². The zero-order valence-corrected chi connectivity index (χ0v) is 14.2. The summed E-state index contributed by atoms with van der Waals surface area (Å²) in [5, 5.41) is 3.70. The molecule has 0 aliphatic heterocycles. The van der Waals surface area contributed by atoms with Gasteiger partial charge in [-0.15, -0.1) is 0 Å². The van der Waals surface area contributed by atoms with Gasteiger partial charge in [-0.1, -0.05) is 77.1 Å². The first-order valence-corrected chi connectivity index (χ1v) is 9.13. The van der Waals surface area contributed by atoms with Crippen molar-refractivity contribution in [3.63, 3.8) is 0 Å². The molecule has 21 heavy (non-hydrogen) atoms. The lowest BCUT2D eigenvalue weighted by Crippen LogP contribution is -2.27. The second kappa shape index (κ2) is 8.58. The summed E-state index contributed by atoms with van der Waals surface area (Å²) in [7, 11) is 0. The van der Waals surface area contributed by atoms with Crippen molar-refractivity contribution in [2.75, 3.05) is 6.54 Å². The van der Waals surface area contributed by atoms with Crippen LogP contribution in [0.3, 0.4) is 0 Å². The zero-order chi connectivity index (χ0) is 15.1. The predicted octanol–water partition coefficient (Wildman–Crippen LogP) is 5.82. The smallest absolute Gasteiger partial charge is 0.0348 e. The number of hydrogen-bond donors (Lipinski definition) is 1. The molecule has 1 atom stereocenters. The standard InChI is InChI=1S/C20H33N/c1-4-16(5-2)20(21-6-3)19-14-12-18(13-15-19)17-10-8-7-9-11-17/h12-17,20-21H,4-11H2,1-3H3. The average molecular weight is 287 g/mol. The highest BCUT2D eigenvalue weighted by molar-refractivity contribution is 5.28. The molecule has 0 radical (unpaired) electrons. The second-order valence-electron chi connectivity index (χ2n) is 6.61. The Morgan fingerprint density at radius 2 is 1.57 bits per heavy atom. The highest BCUT2D eigenvalue weighted by atomic mass is 14.9. The van der Waals surface area contributed by atoms with Crippen LogP contribution in [0.5, 0.6) is 0 Å². The highest BCUT2D eigenvalue weighted by Gasteiger charge is 2.20. The van der Waals surface area contributed by atoms with Crippen molar-refractivity contribution < 1.29 is 0 Å². The molecule has 0 amide bonds. The molecule has 2 rings (SSSR count). The summed E-state index contributed by atoms with van der Waals surface area (Å²) in [4.78, 5) is 0. The first kappa shape index (κ1) is 16.5. The summed E-state index contributed by atoms with van der Waals surface area (Å²) < 4.78 is 0. The zero-order valence-electron chi connectivity index (χ0n) is 14.2.